The van der Waals surface area contributed by atoms with Crippen molar-refractivity contribution in [2.45, 2.75) is 31.8 Å². The number of pyridine rings is 1. The van der Waals surface area contributed by atoms with E-state index < -0.39 is 5.60 Å². The van der Waals surface area contributed by atoms with E-state index in [2.05, 4.69) is 11.1 Å². The first-order chi connectivity index (χ1) is 5.70. The number of fused-ring (bicyclic) bond motifs is 1. The minimum Gasteiger partial charge on any atom is -0.384 e. The average molecular weight is 163 g/mol. The highest BCUT2D eigenvalue weighted by Gasteiger charge is 2.30. The van der Waals surface area contributed by atoms with Gasteiger partial charge in [0.05, 0.1) is 5.69 Å². The molecule has 1 atom stereocenters. The molecule has 0 bridgehead atoms. The van der Waals surface area contributed by atoms with Gasteiger partial charge in [-0.25, -0.2) is 0 Å². The summed E-state index contributed by atoms with van der Waals surface area (Å²) in [6.07, 6.45) is 4.70. The number of aryl methyl sites for hydroxylation is 1. The van der Waals surface area contributed by atoms with Gasteiger partial charge >= 0.3 is 0 Å². The summed E-state index contributed by atoms with van der Waals surface area (Å²) in [5, 5.41) is 9.96. The van der Waals surface area contributed by atoms with Crippen molar-refractivity contribution in [2.24, 2.45) is 0 Å². The van der Waals surface area contributed by atoms with Crippen LogP contribution in [-0.4, -0.2) is 10.1 Å². The van der Waals surface area contributed by atoms with E-state index in [1.54, 1.807) is 6.20 Å². The van der Waals surface area contributed by atoms with Crippen molar-refractivity contribution >= 4 is 0 Å². The molecule has 0 saturated heterocycles. The van der Waals surface area contributed by atoms with Crippen LogP contribution in [0, 0.1) is 0 Å². The second-order valence-electron chi connectivity index (χ2n) is 3.64. The predicted octanol–water partition coefficient (Wildman–Crippen LogP) is 1.63. The molecule has 0 aromatic carbocycles. The molecule has 2 rings (SSSR count). The van der Waals surface area contributed by atoms with E-state index in [4.69, 9.17) is 0 Å². The number of rotatable bonds is 0. The van der Waals surface area contributed by atoms with Gasteiger partial charge in [0.25, 0.3) is 0 Å². The smallest absolute Gasteiger partial charge is 0.104 e. The maximum atomic E-state index is 9.96. The van der Waals surface area contributed by atoms with Gasteiger partial charge in [0.2, 0.25) is 0 Å². The van der Waals surface area contributed by atoms with Crippen LogP contribution in [0.2, 0.25) is 0 Å². The molecule has 1 aliphatic rings. The van der Waals surface area contributed by atoms with Crippen molar-refractivity contribution in [3.05, 3.63) is 29.6 Å². The van der Waals surface area contributed by atoms with Crippen LogP contribution < -0.4 is 0 Å². The molecule has 0 radical (unpaired) electrons. The van der Waals surface area contributed by atoms with Crippen molar-refractivity contribution < 1.29 is 5.11 Å². The molecular formula is C10H13NO. The molecule has 1 aromatic rings. The summed E-state index contributed by atoms with van der Waals surface area (Å²) < 4.78 is 0. The Bertz CT molecular complexity index is 294. The lowest BCUT2D eigenvalue weighted by Crippen LogP contribution is -2.28. The van der Waals surface area contributed by atoms with E-state index in [1.165, 1.54) is 5.56 Å². The first-order valence-electron chi connectivity index (χ1n) is 4.37. The van der Waals surface area contributed by atoms with Gasteiger partial charge in [-0.3, -0.25) is 4.98 Å². The lowest BCUT2D eigenvalue weighted by atomic mass is 9.84. The van der Waals surface area contributed by atoms with Crippen LogP contribution in [0.3, 0.4) is 0 Å². The first kappa shape index (κ1) is 7.74. The highest BCUT2D eigenvalue weighted by Crippen LogP contribution is 2.32. The van der Waals surface area contributed by atoms with Crippen LogP contribution in [0.25, 0.3) is 0 Å². The van der Waals surface area contributed by atoms with Crippen LogP contribution in [0.15, 0.2) is 18.3 Å². The van der Waals surface area contributed by atoms with E-state index in [1.807, 2.05) is 13.0 Å². The maximum Gasteiger partial charge on any atom is 0.104 e. The average Bonchev–Trinajstić information content (AvgIpc) is 2.04. The standard InChI is InChI=1S/C10H13NO/c1-10(12)6-2-4-8-5-3-7-11-9(8)10/h3,5,7,12H,2,4,6H2,1H3. The fraction of sp³-hybridized carbons (Fsp3) is 0.500. The number of hydrogen-bond donors (Lipinski definition) is 1. The maximum absolute atomic E-state index is 9.96. The van der Waals surface area contributed by atoms with Gasteiger partial charge in [0, 0.05) is 6.20 Å². The van der Waals surface area contributed by atoms with E-state index >= 15 is 0 Å². The third-order valence-corrected chi connectivity index (χ3v) is 2.51. The lowest BCUT2D eigenvalue weighted by Gasteiger charge is -2.29. The summed E-state index contributed by atoms with van der Waals surface area (Å²) in [4.78, 5) is 4.22. The van der Waals surface area contributed by atoms with Crippen LogP contribution in [0.4, 0.5) is 0 Å². The SMILES string of the molecule is CC1(O)CCCc2cccnc21. The highest BCUT2D eigenvalue weighted by atomic mass is 16.3. The molecule has 1 unspecified atom stereocenters. The van der Waals surface area contributed by atoms with Gasteiger partial charge in [-0.15, -0.1) is 0 Å². The molecule has 2 nitrogen and oxygen atoms in total. The normalized spacial score (nSPS) is 28.2. The zero-order chi connectivity index (χ0) is 8.60. The highest BCUT2D eigenvalue weighted by molar-refractivity contribution is 5.27. The van der Waals surface area contributed by atoms with Crippen LogP contribution in [0.5, 0.6) is 0 Å². The Morgan fingerprint density at radius 1 is 1.58 bits per heavy atom. The molecule has 0 spiro atoms. The zero-order valence-electron chi connectivity index (χ0n) is 7.25. The molecule has 1 aliphatic carbocycles. The third kappa shape index (κ3) is 1.12. The summed E-state index contributed by atoms with van der Waals surface area (Å²) in [5.41, 5.74) is 1.37. The largest absolute Gasteiger partial charge is 0.384 e. The topological polar surface area (TPSA) is 33.1 Å². The fourth-order valence-corrected chi connectivity index (χ4v) is 1.87. The number of aromatic nitrogens is 1. The van der Waals surface area contributed by atoms with E-state index in [-0.39, 0.29) is 0 Å². The van der Waals surface area contributed by atoms with Crippen molar-refractivity contribution in [2.75, 3.05) is 0 Å². The number of nitrogens with zero attached hydrogens (tertiary/aromatic N) is 1. The van der Waals surface area contributed by atoms with Crippen molar-refractivity contribution in [1.29, 1.82) is 0 Å². The minimum absolute atomic E-state index is 0.700. The Morgan fingerprint density at radius 3 is 3.17 bits per heavy atom. The summed E-state index contributed by atoms with van der Waals surface area (Å²) in [7, 11) is 0. The quantitative estimate of drug-likeness (QED) is 0.630. The summed E-state index contributed by atoms with van der Waals surface area (Å²) >= 11 is 0. The van der Waals surface area contributed by atoms with E-state index in [9.17, 15) is 5.11 Å². The molecule has 64 valence electrons. The van der Waals surface area contributed by atoms with Gasteiger partial charge in [0.15, 0.2) is 0 Å². The zero-order valence-corrected chi connectivity index (χ0v) is 7.25. The second-order valence-corrected chi connectivity index (χ2v) is 3.64. The summed E-state index contributed by atoms with van der Waals surface area (Å²) in [6.45, 7) is 1.85. The fourth-order valence-electron chi connectivity index (χ4n) is 1.87. The van der Waals surface area contributed by atoms with Crippen LogP contribution in [0.1, 0.15) is 31.0 Å². The predicted molar refractivity (Wildman–Crippen MR) is 46.7 cm³/mol. The Morgan fingerprint density at radius 2 is 2.42 bits per heavy atom. The molecule has 12 heavy (non-hydrogen) atoms. The molecule has 0 saturated carbocycles. The van der Waals surface area contributed by atoms with Gasteiger partial charge in [-0.1, -0.05) is 6.07 Å². The van der Waals surface area contributed by atoms with Gasteiger partial charge in [0.1, 0.15) is 5.60 Å². The molecule has 2 heteroatoms. The molecule has 1 N–H and O–H groups in total. The van der Waals surface area contributed by atoms with E-state index in [0.717, 1.165) is 25.0 Å². The van der Waals surface area contributed by atoms with Crippen molar-refractivity contribution in [1.82, 2.24) is 4.98 Å². The molecule has 1 aromatic heterocycles. The molecule has 1 heterocycles. The Labute approximate surface area is 72.3 Å². The third-order valence-electron chi connectivity index (χ3n) is 2.51. The van der Waals surface area contributed by atoms with E-state index in [0.29, 0.717) is 0 Å². The molecule has 0 amide bonds. The minimum atomic E-state index is -0.700. The van der Waals surface area contributed by atoms with Gasteiger partial charge in [-0.05, 0) is 37.8 Å². The van der Waals surface area contributed by atoms with Gasteiger partial charge in [-0.2, -0.15) is 0 Å². The number of aliphatic hydroxyl groups is 1. The summed E-state index contributed by atoms with van der Waals surface area (Å²) in [5.74, 6) is 0. The lowest BCUT2D eigenvalue weighted by molar-refractivity contribution is 0.0340. The van der Waals surface area contributed by atoms with Gasteiger partial charge < -0.3 is 5.11 Å². The summed E-state index contributed by atoms with van der Waals surface area (Å²) in [6, 6.07) is 3.98. The van der Waals surface area contributed by atoms with Crippen molar-refractivity contribution in [3.8, 4) is 0 Å². The molecular weight excluding hydrogens is 150 g/mol. The Balaban J connectivity index is 2.52. The van der Waals surface area contributed by atoms with Crippen molar-refractivity contribution in [3.63, 3.8) is 0 Å². The Kier molecular flexibility index (Phi) is 1.65. The monoisotopic (exact) mass is 163 g/mol. The Hall–Kier alpha value is -0.890. The first-order valence-corrected chi connectivity index (χ1v) is 4.37. The molecule has 0 fully saturated rings. The number of hydrogen-bond acceptors (Lipinski definition) is 2. The second kappa shape index (κ2) is 2.56. The van der Waals surface area contributed by atoms with Crippen LogP contribution >= 0.6 is 0 Å². The van der Waals surface area contributed by atoms with Crippen LogP contribution in [-0.2, 0) is 12.0 Å². The molecule has 0 aliphatic heterocycles.